The van der Waals surface area contributed by atoms with Crippen molar-refractivity contribution in [2.75, 3.05) is 0 Å². The molecule has 0 bridgehead atoms. The lowest BCUT2D eigenvalue weighted by atomic mass is 10.1. The second-order valence-corrected chi connectivity index (χ2v) is 5.25. The van der Waals surface area contributed by atoms with E-state index in [2.05, 4.69) is 13.0 Å². The Hall–Kier alpha value is -1.51. The zero-order valence-electron chi connectivity index (χ0n) is 11.4. The van der Waals surface area contributed by atoms with Crippen molar-refractivity contribution in [3.05, 3.63) is 58.1 Å². The van der Waals surface area contributed by atoms with Crippen LogP contribution in [0.15, 0.2) is 36.4 Å². The summed E-state index contributed by atoms with van der Waals surface area (Å²) in [4.78, 5) is 0. The van der Waals surface area contributed by atoms with Gasteiger partial charge < -0.3 is 10.5 Å². The lowest BCUT2D eigenvalue weighted by Gasteiger charge is -2.12. The first-order valence-corrected chi connectivity index (χ1v) is 6.65. The topological polar surface area (TPSA) is 35.2 Å². The van der Waals surface area contributed by atoms with Crippen molar-refractivity contribution in [3.8, 4) is 11.5 Å². The zero-order chi connectivity index (χ0) is 14.0. The number of hydrogen-bond donors (Lipinski definition) is 1. The molecule has 0 heterocycles. The Balaban J connectivity index is 2.26. The highest BCUT2D eigenvalue weighted by atomic mass is 35.5. The average molecular weight is 276 g/mol. The van der Waals surface area contributed by atoms with Gasteiger partial charge in [-0.1, -0.05) is 35.4 Å². The Bertz CT molecular complexity index is 593. The van der Waals surface area contributed by atoms with E-state index in [0.29, 0.717) is 5.02 Å². The van der Waals surface area contributed by atoms with Gasteiger partial charge in [0.05, 0.1) is 0 Å². The minimum absolute atomic E-state index is 0.0809. The first-order chi connectivity index (χ1) is 8.97. The van der Waals surface area contributed by atoms with Gasteiger partial charge in [0.25, 0.3) is 0 Å². The number of benzene rings is 2. The normalized spacial score (nSPS) is 12.3. The Kier molecular flexibility index (Phi) is 4.13. The molecular formula is C16H18ClNO. The first kappa shape index (κ1) is 13.9. The maximum Gasteiger partial charge on any atom is 0.130 e. The fourth-order valence-electron chi connectivity index (χ4n) is 1.98. The van der Waals surface area contributed by atoms with Gasteiger partial charge in [-0.25, -0.2) is 0 Å². The molecule has 100 valence electrons. The summed E-state index contributed by atoms with van der Waals surface area (Å²) in [7, 11) is 0. The highest BCUT2D eigenvalue weighted by molar-refractivity contribution is 6.31. The molecule has 0 aliphatic heterocycles. The maximum atomic E-state index is 6.20. The summed E-state index contributed by atoms with van der Waals surface area (Å²) >= 11 is 6.20. The van der Waals surface area contributed by atoms with Crippen molar-refractivity contribution in [3.63, 3.8) is 0 Å². The molecule has 19 heavy (non-hydrogen) atoms. The van der Waals surface area contributed by atoms with Crippen LogP contribution in [0.1, 0.15) is 29.7 Å². The van der Waals surface area contributed by atoms with E-state index in [1.54, 1.807) is 6.07 Å². The van der Waals surface area contributed by atoms with E-state index >= 15 is 0 Å². The molecule has 2 aromatic carbocycles. The van der Waals surface area contributed by atoms with Crippen LogP contribution in [-0.2, 0) is 0 Å². The molecular weight excluding hydrogens is 258 g/mol. The number of nitrogens with two attached hydrogens (primary N) is 1. The van der Waals surface area contributed by atoms with E-state index in [9.17, 15) is 0 Å². The number of hydrogen-bond acceptors (Lipinski definition) is 2. The molecule has 0 amide bonds. The van der Waals surface area contributed by atoms with Crippen LogP contribution in [0.25, 0.3) is 0 Å². The standard InChI is InChI=1S/C16H18ClNO/c1-10-4-7-16(11(2)8-10)19-13-5-6-14(12(3)18)15(17)9-13/h4-9,12H,18H2,1-3H3. The molecule has 2 nitrogen and oxygen atoms in total. The SMILES string of the molecule is Cc1ccc(Oc2ccc(C(C)N)c(Cl)c2)c(C)c1. The summed E-state index contributed by atoms with van der Waals surface area (Å²) in [5, 5.41) is 0.636. The van der Waals surface area contributed by atoms with Gasteiger partial charge in [-0.15, -0.1) is 0 Å². The second-order valence-electron chi connectivity index (χ2n) is 4.84. The quantitative estimate of drug-likeness (QED) is 0.876. The van der Waals surface area contributed by atoms with Crippen LogP contribution < -0.4 is 10.5 Å². The molecule has 0 saturated heterocycles. The predicted molar refractivity (Wildman–Crippen MR) is 80.0 cm³/mol. The Labute approximate surface area is 119 Å². The van der Waals surface area contributed by atoms with Crippen molar-refractivity contribution in [1.29, 1.82) is 0 Å². The highest BCUT2D eigenvalue weighted by Gasteiger charge is 2.08. The van der Waals surface area contributed by atoms with Crippen LogP contribution in [-0.4, -0.2) is 0 Å². The lowest BCUT2D eigenvalue weighted by molar-refractivity contribution is 0.478. The zero-order valence-corrected chi connectivity index (χ0v) is 12.2. The lowest BCUT2D eigenvalue weighted by Crippen LogP contribution is -2.05. The molecule has 1 atom stereocenters. The first-order valence-electron chi connectivity index (χ1n) is 6.27. The minimum Gasteiger partial charge on any atom is -0.457 e. The van der Waals surface area contributed by atoms with Crippen LogP contribution in [0.5, 0.6) is 11.5 Å². The summed E-state index contributed by atoms with van der Waals surface area (Å²) < 4.78 is 5.85. The monoisotopic (exact) mass is 275 g/mol. The van der Waals surface area contributed by atoms with E-state index in [-0.39, 0.29) is 6.04 Å². The van der Waals surface area contributed by atoms with Gasteiger partial charge in [0, 0.05) is 11.1 Å². The van der Waals surface area contributed by atoms with E-state index < -0.39 is 0 Å². The summed E-state index contributed by atoms with van der Waals surface area (Å²) in [6, 6.07) is 11.6. The van der Waals surface area contributed by atoms with Crippen molar-refractivity contribution < 1.29 is 4.74 Å². The van der Waals surface area contributed by atoms with E-state index in [1.165, 1.54) is 5.56 Å². The molecule has 2 rings (SSSR count). The highest BCUT2D eigenvalue weighted by Crippen LogP contribution is 2.30. The third kappa shape index (κ3) is 3.28. The second kappa shape index (κ2) is 5.64. The smallest absolute Gasteiger partial charge is 0.130 e. The van der Waals surface area contributed by atoms with Gasteiger partial charge in [-0.05, 0) is 50.1 Å². The fraction of sp³-hybridized carbons (Fsp3) is 0.250. The Morgan fingerprint density at radius 3 is 2.42 bits per heavy atom. The van der Waals surface area contributed by atoms with Crippen LogP contribution in [0.4, 0.5) is 0 Å². The minimum atomic E-state index is -0.0809. The molecule has 0 fully saturated rings. The van der Waals surface area contributed by atoms with Crippen LogP contribution in [0, 0.1) is 13.8 Å². The summed E-state index contributed by atoms with van der Waals surface area (Å²) in [5.74, 6) is 1.57. The molecule has 2 aromatic rings. The van der Waals surface area contributed by atoms with Crippen molar-refractivity contribution in [2.24, 2.45) is 5.73 Å². The third-order valence-corrected chi connectivity index (χ3v) is 3.35. The van der Waals surface area contributed by atoms with Gasteiger partial charge in [-0.3, -0.25) is 0 Å². The summed E-state index contributed by atoms with van der Waals surface area (Å²) in [6.07, 6.45) is 0. The van der Waals surface area contributed by atoms with Crippen LogP contribution >= 0.6 is 11.6 Å². The van der Waals surface area contributed by atoms with Gasteiger partial charge in [0.2, 0.25) is 0 Å². The molecule has 0 radical (unpaired) electrons. The van der Waals surface area contributed by atoms with Gasteiger partial charge in [0.1, 0.15) is 11.5 Å². The summed E-state index contributed by atoms with van der Waals surface area (Å²) in [5.41, 5.74) is 9.08. The number of rotatable bonds is 3. The predicted octanol–water partition coefficient (Wildman–Crippen LogP) is 4.77. The molecule has 0 saturated carbocycles. The maximum absolute atomic E-state index is 6.20. The molecule has 3 heteroatoms. The van der Waals surface area contributed by atoms with Crippen molar-refractivity contribution >= 4 is 11.6 Å². The van der Waals surface area contributed by atoms with Gasteiger partial charge in [-0.2, -0.15) is 0 Å². The molecule has 0 aromatic heterocycles. The van der Waals surface area contributed by atoms with Gasteiger partial charge in [0.15, 0.2) is 0 Å². The summed E-state index contributed by atoms with van der Waals surface area (Å²) in [6.45, 7) is 6.00. The molecule has 0 spiro atoms. The molecule has 2 N–H and O–H groups in total. The fourth-order valence-corrected chi connectivity index (χ4v) is 2.32. The molecule has 0 aliphatic rings. The number of halogens is 1. The van der Waals surface area contributed by atoms with Crippen molar-refractivity contribution in [2.45, 2.75) is 26.8 Å². The van der Waals surface area contributed by atoms with Crippen LogP contribution in [0.3, 0.4) is 0 Å². The largest absolute Gasteiger partial charge is 0.457 e. The number of ether oxygens (including phenoxy) is 1. The number of aryl methyl sites for hydroxylation is 2. The van der Waals surface area contributed by atoms with Crippen molar-refractivity contribution in [1.82, 2.24) is 0 Å². The van der Waals surface area contributed by atoms with Crippen LogP contribution in [0.2, 0.25) is 5.02 Å². The van der Waals surface area contributed by atoms with E-state index in [4.69, 9.17) is 22.1 Å². The Morgan fingerprint density at radius 1 is 1.11 bits per heavy atom. The van der Waals surface area contributed by atoms with Gasteiger partial charge >= 0.3 is 0 Å². The molecule has 1 unspecified atom stereocenters. The van der Waals surface area contributed by atoms with E-state index in [0.717, 1.165) is 22.6 Å². The van der Waals surface area contributed by atoms with E-state index in [1.807, 2.05) is 38.1 Å². The Morgan fingerprint density at radius 2 is 1.84 bits per heavy atom. The average Bonchev–Trinajstić information content (AvgIpc) is 2.32. The third-order valence-electron chi connectivity index (χ3n) is 3.02. The molecule has 0 aliphatic carbocycles.